The van der Waals surface area contributed by atoms with Crippen molar-refractivity contribution in [1.29, 1.82) is 0 Å². The van der Waals surface area contributed by atoms with Crippen LogP contribution in [-0.2, 0) is 0 Å². The van der Waals surface area contributed by atoms with Gasteiger partial charge in [0.2, 0.25) is 17.8 Å². The van der Waals surface area contributed by atoms with Crippen LogP contribution in [0.3, 0.4) is 0 Å². The van der Waals surface area contributed by atoms with Crippen LogP contribution >= 0.6 is 0 Å². The first-order valence-corrected chi connectivity index (χ1v) is 9.59. The molecule has 1 unspecified atom stereocenters. The van der Waals surface area contributed by atoms with E-state index in [1.807, 2.05) is 41.8 Å². The van der Waals surface area contributed by atoms with Gasteiger partial charge in [-0.15, -0.1) is 0 Å². The number of rotatable bonds is 5. The molecule has 0 spiro atoms. The molecule has 148 valence electrons. The van der Waals surface area contributed by atoms with E-state index in [1.165, 1.54) is 0 Å². The molecule has 1 aliphatic heterocycles. The van der Waals surface area contributed by atoms with Crippen LogP contribution < -0.4 is 15.0 Å². The van der Waals surface area contributed by atoms with Crippen LogP contribution in [0.4, 0.5) is 17.7 Å². The van der Waals surface area contributed by atoms with E-state index in [-0.39, 0.29) is 0 Å². The molecule has 9 nitrogen and oxygen atoms in total. The molecule has 0 amide bonds. The van der Waals surface area contributed by atoms with E-state index in [4.69, 9.17) is 14.7 Å². The average molecular weight is 390 g/mol. The minimum atomic E-state index is 0.329. The first-order valence-electron chi connectivity index (χ1n) is 9.59. The zero-order valence-corrected chi connectivity index (χ0v) is 16.3. The third-order valence-corrected chi connectivity index (χ3v) is 5.23. The fourth-order valence-electron chi connectivity index (χ4n) is 3.82. The molecular formula is C20H22N8O. The number of fused-ring (bicyclic) bond motifs is 1. The predicted molar refractivity (Wildman–Crippen MR) is 110 cm³/mol. The first kappa shape index (κ1) is 17.5. The highest BCUT2D eigenvalue weighted by Gasteiger charge is 2.28. The second-order valence-electron chi connectivity index (χ2n) is 7.18. The Morgan fingerprint density at radius 2 is 2.17 bits per heavy atom. The molecule has 1 aliphatic rings. The number of anilines is 3. The Bertz CT molecular complexity index is 1150. The third kappa shape index (κ3) is 3.24. The zero-order valence-electron chi connectivity index (χ0n) is 16.3. The van der Waals surface area contributed by atoms with Crippen molar-refractivity contribution in [2.24, 2.45) is 0 Å². The van der Waals surface area contributed by atoms with E-state index >= 15 is 0 Å². The minimum absolute atomic E-state index is 0.329. The molecule has 0 aliphatic carbocycles. The summed E-state index contributed by atoms with van der Waals surface area (Å²) in [7, 11) is 1.66. The van der Waals surface area contributed by atoms with Crippen LogP contribution in [-0.4, -0.2) is 49.7 Å². The fraction of sp³-hybridized carbons (Fsp3) is 0.300. The maximum absolute atomic E-state index is 5.45. The van der Waals surface area contributed by atoms with Gasteiger partial charge in [-0.3, -0.25) is 9.50 Å². The number of aromatic nitrogens is 6. The number of methoxy groups -OCH3 is 1. The van der Waals surface area contributed by atoms with E-state index in [9.17, 15) is 0 Å². The van der Waals surface area contributed by atoms with Crippen LogP contribution in [0.25, 0.3) is 5.65 Å². The van der Waals surface area contributed by atoms with E-state index in [0.29, 0.717) is 23.7 Å². The zero-order chi connectivity index (χ0) is 19.8. The molecule has 1 fully saturated rings. The molecule has 0 saturated carbocycles. The summed E-state index contributed by atoms with van der Waals surface area (Å²) in [4.78, 5) is 16.1. The third-order valence-electron chi connectivity index (χ3n) is 5.23. The Hall–Kier alpha value is -3.62. The second-order valence-corrected chi connectivity index (χ2v) is 7.18. The predicted octanol–water partition coefficient (Wildman–Crippen LogP) is 2.90. The second kappa shape index (κ2) is 7.08. The molecule has 0 radical (unpaired) electrons. The van der Waals surface area contributed by atoms with Crippen molar-refractivity contribution >= 4 is 23.4 Å². The van der Waals surface area contributed by atoms with Gasteiger partial charge in [0.1, 0.15) is 5.65 Å². The number of hydrogen-bond acceptors (Lipinski definition) is 7. The number of nitrogens with zero attached hydrogens (tertiary/aromatic N) is 6. The summed E-state index contributed by atoms with van der Waals surface area (Å²) >= 11 is 0. The van der Waals surface area contributed by atoms with Crippen molar-refractivity contribution in [1.82, 2.24) is 29.5 Å². The average Bonchev–Trinajstić information content (AvgIpc) is 3.48. The standard InChI is InChI=1S/C20H22N8O/c1-13-11-16(26-25-13)22-20-24-19(23-17-6-4-9-28(17)20)27-10-7-14(12-27)15-5-3-8-21-18(15)29-2/h3-6,8-9,11,14H,7,10,12H2,1-2H3,(H2,22,23,24,25,26). The quantitative estimate of drug-likeness (QED) is 0.541. The van der Waals surface area contributed by atoms with Crippen LogP contribution in [0.1, 0.15) is 23.6 Å². The van der Waals surface area contributed by atoms with E-state index < -0.39 is 0 Å². The Balaban J connectivity index is 1.45. The van der Waals surface area contributed by atoms with E-state index in [2.05, 4.69) is 31.5 Å². The van der Waals surface area contributed by atoms with Crippen molar-refractivity contribution in [3.8, 4) is 5.88 Å². The van der Waals surface area contributed by atoms with Gasteiger partial charge in [0.05, 0.1) is 7.11 Å². The maximum Gasteiger partial charge on any atom is 0.230 e. The molecule has 4 aromatic heterocycles. The van der Waals surface area contributed by atoms with Crippen LogP contribution in [0.15, 0.2) is 42.7 Å². The summed E-state index contributed by atoms with van der Waals surface area (Å²) in [5.41, 5.74) is 2.96. The summed E-state index contributed by atoms with van der Waals surface area (Å²) < 4.78 is 7.37. The van der Waals surface area contributed by atoms with Gasteiger partial charge in [-0.05, 0) is 31.5 Å². The van der Waals surface area contributed by atoms with Gasteiger partial charge in [-0.25, -0.2) is 4.98 Å². The molecule has 9 heteroatoms. The van der Waals surface area contributed by atoms with Crippen molar-refractivity contribution < 1.29 is 4.74 Å². The van der Waals surface area contributed by atoms with Crippen LogP contribution in [0, 0.1) is 6.92 Å². The number of ether oxygens (including phenoxy) is 1. The van der Waals surface area contributed by atoms with Crippen molar-refractivity contribution in [3.05, 3.63) is 54.0 Å². The van der Waals surface area contributed by atoms with Gasteiger partial charge in [-0.2, -0.15) is 15.1 Å². The summed E-state index contributed by atoms with van der Waals surface area (Å²) in [5, 5.41) is 10.5. The highest BCUT2D eigenvalue weighted by atomic mass is 16.5. The minimum Gasteiger partial charge on any atom is -0.481 e. The van der Waals surface area contributed by atoms with E-state index in [0.717, 1.165) is 42.2 Å². The molecule has 4 aromatic rings. The highest BCUT2D eigenvalue weighted by Crippen LogP contribution is 2.34. The van der Waals surface area contributed by atoms with Gasteiger partial charge in [0.25, 0.3) is 0 Å². The van der Waals surface area contributed by atoms with Crippen molar-refractivity contribution in [3.63, 3.8) is 0 Å². The summed E-state index contributed by atoms with van der Waals surface area (Å²) in [5.74, 6) is 3.14. The van der Waals surface area contributed by atoms with Crippen molar-refractivity contribution in [2.45, 2.75) is 19.3 Å². The lowest BCUT2D eigenvalue weighted by Gasteiger charge is -2.18. The number of hydrogen-bond donors (Lipinski definition) is 2. The Morgan fingerprint density at radius 3 is 3.00 bits per heavy atom. The molecular weight excluding hydrogens is 368 g/mol. The van der Waals surface area contributed by atoms with Gasteiger partial charge in [0, 0.05) is 48.7 Å². The van der Waals surface area contributed by atoms with Crippen LogP contribution in [0.5, 0.6) is 5.88 Å². The monoisotopic (exact) mass is 390 g/mol. The summed E-state index contributed by atoms with van der Waals surface area (Å²) in [6, 6.07) is 9.92. The van der Waals surface area contributed by atoms with Gasteiger partial charge >= 0.3 is 0 Å². The Kier molecular flexibility index (Phi) is 4.27. The maximum atomic E-state index is 5.45. The smallest absolute Gasteiger partial charge is 0.230 e. The lowest BCUT2D eigenvalue weighted by molar-refractivity contribution is 0.389. The Morgan fingerprint density at radius 1 is 1.24 bits per heavy atom. The molecule has 29 heavy (non-hydrogen) atoms. The molecule has 0 bridgehead atoms. The fourth-order valence-corrected chi connectivity index (χ4v) is 3.82. The number of aromatic amines is 1. The van der Waals surface area contributed by atoms with Gasteiger partial charge in [-0.1, -0.05) is 6.07 Å². The lowest BCUT2D eigenvalue weighted by atomic mass is 10.00. The van der Waals surface area contributed by atoms with Crippen molar-refractivity contribution in [2.75, 3.05) is 30.4 Å². The SMILES string of the molecule is COc1ncccc1C1CCN(c2nc(Nc3cc(C)[nH]n3)n3cccc3n2)C1. The first-order chi connectivity index (χ1) is 14.2. The largest absolute Gasteiger partial charge is 0.481 e. The normalized spacial score (nSPS) is 16.5. The van der Waals surface area contributed by atoms with Gasteiger partial charge < -0.3 is 15.0 Å². The summed E-state index contributed by atoms with van der Waals surface area (Å²) in [6.07, 6.45) is 4.70. The molecule has 5 heterocycles. The highest BCUT2D eigenvalue weighted by molar-refractivity contribution is 5.57. The molecule has 1 atom stereocenters. The molecule has 5 rings (SSSR count). The number of H-pyrrole nitrogens is 1. The van der Waals surface area contributed by atoms with Crippen LogP contribution in [0.2, 0.25) is 0 Å². The lowest BCUT2D eigenvalue weighted by Crippen LogP contribution is -2.23. The number of pyridine rings is 1. The Labute approximate surface area is 167 Å². The van der Waals surface area contributed by atoms with E-state index in [1.54, 1.807) is 13.3 Å². The molecule has 2 N–H and O–H groups in total. The topological polar surface area (TPSA) is 96.3 Å². The van der Waals surface area contributed by atoms with Gasteiger partial charge in [0.15, 0.2) is 5.82 Å². The number of aryl methyl sites for hydroxylation is 1. The summed E-state index contributed by atoms with van der Waals surface area (Å²) in [6.45, 7) is 3.66. The molecule has 1 saturated heterocycles. The molecule has 0 aromatic carbocycles. The number of nitrogens with one attached hydrogen (secondary N) is 2.